The smallest absolute Gasteiger partial charge is 0.128 e. The lowest BCUT2D eigenvalue weighted by atomic mass is 9.88. The van der Waals surface area contributed by atoms with Gasteiger partial charge in [0.05, 0.1) is 0 Å². The van der Waals surface area contributed by atoms with Gasteiger partial charge in [0.25, 0.3) is 0 Å². The molecule has 2 heteroatoms. The largest absolute Gasteiger partial charge is 0.208 e. The Morgan fingerprint density at radius 3 is 2.00 bits per heavy atom. The fraction of sp³-hybridized carbons (Fsp3) is 0.455. The standard InChI is InChI=1S/C11H16F2/c1-8(7-11(3,4)5)10(13)6-9(2)12/h6H,1-2,7H2,3-5H3/b10-6+. The molecular weight excluding hydrogens is 170 g/mol. The maximum Gasteiger partial charge on any atom is 0.128 e. The van der Waals surface area contributed by atoms with E-state index in [1.165, 1.54) is 0 Å². The molecule has 0 rings (SSSR count). The molecule has 0 radical (unpaired) electrons. The molecule has 0 fully saturated rings. The van der Waals surface area contributed by atoms with Crippen LogP contribution in [0.3, 0.4) is 0 Å². The van der Waals surface area contributed by atoms with Crippen LogP contribution in [0, 0.1) is 5.41 Å². The Hall–Kier alpha value is -0.920. The van der Waals surface area contributed by atoms with Crippen molar-refractivity contribution in [1.29, 1.82) is 0 Å². The molecule has 0 N–H and O–H groups in total. The van der Waals surface area contributed by atoms with E-state index in [9.17, 15) is 8.78 Å². The van der Waals surface area contributed by atoms with Gasteiger partial charge in [0.1, 0.15) is 11.7 Å². The Kier molecular flexibility index (Phi) is 4.05. The Morgan fingerprint density at radius 2 is 1.69 bits per heavy atom. The van der Waals surface area contributed by atoms with Crippen LogP contribution in [0.5, 0.6) is 0 Å². The molecule has 0 aromatic rings. The van der Waals surface area contributed by atoms with Crippen LogP contribution < -0.4 is 0 Å². The van der Waals surface area contributed by atoms with Crippen molar-refractivity contribution in [2.45, 2.75) is 27.2 Å². The van der Waals surface area contributed by atoms with Gasteiger partial charge < -0.3 is 0 Å². The summed E-state index contributed by atoms with van der Waals surface area (Å²) < 4.78 is 25.2. The molecule has 0 aromatic carbocycles. The summed E-state index contributed by atoms with van der Waals surface area (Å²) in [5.74, 6) is -1.41. The van der Waals surface area contributed by atoms with Gasteiger partial charge in [-0.25, -0.2) is 8.78 Å². The van der Waals surface area contributed by atoms with E-state index in [1.54, 1.807) is 0 Å². The highest BCUT2D eigenvalue weighted by Gasteiger charge is 2.14. The van der Waals surface area contributed by atoms with Gasteiger partial charge in [-0.2, -0.15) is 0 Å². The first-order valence-corrected chi connectivity index (χ1v) is 4.12. The highest BCUT2D eigenvalue weighted by molar-refractivity contribution is 5.27. The van der Waals surface area contributed by atoms with Crippen LogP contribution >= 0.6 is 0 Å². The molecule has 0 aliphatic heterocycles. The van der Waals surface area contributed by atoms with Crippen LogP contribution in [0.1, 0.15) is 27.2 Å². The SMILES string of the molecule is C=C(F)/C=C(/F)C(=C)CC(C)(C)C. The van der Waals surface area contributed by atoms with E-state index in [4.69, 9.17) is 0 Å². The van der Waals surface area contributed by atoms with Gasteiger partial charge in [0, 0.05) is 6.08 Å². The average Bonchev–Trinajstić information content (AvgIpc) is 1.81. The van der Waals surface area contributed by atoms with Crippen LogP contribution in [0.25, 0.3) is 0 Å². The zero-order valence-electron chi connectivity index (χ0n) is 8.45. The Labute approximate surface area is 78.7 Å². The van der Waals surface area contributed by atoms with Crippen molar-refractivity contribution >= 4 is 0 Å². The second-order valence-electron chi connectivity index (χ2n) is 4.28. The molecule has 0 nitrogen and oxygen atoms in total. The average molecular weight is 186 g/mol. The van der Waals surface area contributed by atoms with Crippen LogP contribution in [-0.4, -0.2) is 0 Å². The minimum Gasteiger partial charge on any atom is -0.208 e. The van der Waals surface area contributed by atoms with Gasteiger partial charge in [-0.1, -0.05) is 33.9 Å². The summed E-state index contributed by atoms with van der Waals surface area (Å²) in [6.45, 7) is 12.4. The lowest BCUT2D eigenvalue weighted by Gasteiger charge is -2.18. The minimum absolute atomic E-state index is 0.0418. The molecule has 0 heterocycles. The molecule has 0 atom stereocenters. The summed E-state index contributed by atoms with van der Waals surface area (Å²) in [5, 5.41) is 0. The Balaban J connectivity index is 4.37. The summed E-state index contributed by atoms with van der Waals surface area (Å²) in [5.41, 5.74) is 0.270. The van der Waals surface area contributed by atoms with E-state index in [0.29, 0.717) is 12.0 Å². The van der Waals surface area contributed by atoms with Crippen molar-refractivity contribution in [2.24, 2.45) is 5.41 Å². The molecule has 0 spiro atoms. The maximum absolute atomic E-state index is 13.0. The number of hydrogen-bond donors (Lipinski definition) is 0. The van der Waals surface area contributed by atoms with E-state index in [2.05, 4.69) is 13.2 Å². The quantitative estimate of drug-likeness (QED) is 0.576. The summed E-state index contributed by atoms with van der Waals surface area (Å²) in [6, 6.07) is 0. The van der Waals surface area contributed by atoms with Crippen LogP contribution in [0.15, 0.2) is 36.5 Å². The third-order valence-corrected chi connectivity index (χ3v) is 1.36. The first kappa shape index (κ1) is 12.1. The van der Waals surface area contributed by atoms with Gasteiger partial charge in [0.2, 0.25) is 0 Å². The third kappa shape index (κ3) is 6.26. The summed E-state index contributed by atoms with van der Waals surface area (Å²) in [4.78, 5) is 0. The first-order chi connectivity index (χ1) is 5.72. The third-order valence-electron chi connectivity index (χ3n) is 1.36. The molecule has 0 saturated carbocycles. The van der Waals surface area contributed by atoms with Gasteiger partial charge in [-0.15, -0.1) is 0 Å². The number of halogens is 2. The van der Waals surface area contributed by atoms with Crippen molar-refractivity contribution in [3.63, 3.8) is 0 Å². The molecule has 13 heavy (non-hydrogen) atoms. The second kappa shape index (κ2) is 4.35. The van der Waals surface area contributed by atoms with Crippen molar-refractivity contribution in [3.05, 3.63) is 36.5 Å². The highest BCUT2D eigenvalue weighted by Crippen LogP contribution is 2.27. The van der Waals surface area contributed by atoms with Crippen LogP contribution in [0.2, 0.25) is 0 Å². The number of hydrogen-bond acceptors (Lipinski definition) is 0. The van der Waals surface area contributed by atoms with Crippen LogP contribution in [0.4, 0.5) is 8.78 Å². The van der Waals surface area contributed by atoms with Gasteiger partial charge in [0.15, 0.2) is 0 Å². The zero-order chi connectivity index (χ0) is 10.6. The predicted octanol–water partition coefficient (Wildman–Crippen LogP) is 4.32. The molecule has 0 saturated heterocycles. The molecular formula is C11H16F2. The molecule has 0 unspecified atom stereocenters. The molecule has 74 valence electrons. The summed E-state index contributed by atoms with van der Waals surface area (Å²) >= 11 is 0. The maximum atomic E-state index is 13.0. The fourth-order valence-electron chi connectivity index (χ4n) is 0.964. The van der Waals surface area contributed by atoms with E-state index in [1.807, 2.05) is 20.8 Å². The first-order valence-electron chi connectivity index (χ1n) is 4.12. The number of rotatable bonds is 3. The normalized spacial score (nSPS) is 12.8. The lowest BCUT2D eigenvalue weighted by Crippen LogP contribution is -2.06. The fourth-order valence-corrected chi connectivity index (χ4v) is 0.964. The lowest BCUT2D eigenvalue weighted by molar-refractivity contribution is 0.404. The molecule has 0 aromatic heterocycles. The molecule has 0 bridgehead atoms. The van der Waals surface area contributed by atoms with E-state index in [-0.39, 0.29) is 5.41 Å². The van der Waals surface area contributed by atoms with E-state index in [0.717, 1.165) is 6.08 Å². The minimum atomic E-state index is -0.785. The monoisotopic (exact) mass is 186 g/mol. The Morgan fingerprint density at radius 1 is 1.23 bits per heavy atom. The van der Waals surface area contributed by atoms with Gasteiger partial charge in [-0.05, 0) is 17.4 Å². The highest BCUT2D eigenvalue weighted by atomic mass is 19.1. The predicted molar refractivity (Wildman–Crippen MR) is 52.7 cm³/mol. The van der Waals surface area contributed by atoms with E-state index >= 15 is 0 Å². The Bertz CT molecular complexity index is 241. The molecule has 0 aliphatic carbocycles. The van der Waals surface area contributed by atoms with Gasteiger partial charge >= 0.3 is 0 Å². The van der Waals surface area contributed by atoms with E-state index < -0.39 is 11.7 Å². The van der Waals surface area contributed by atoms with Crippen molar-refractivity contribution < 1.29 is 8.78 Å². The topological polar surface area (TPSA) is 0 Å². The van der Waals surface area contributed by atoms with Crippen molar-refractivity contribution in [1.82, 2.24) is 0 Å². The van der Waals surface area contributed by atoms with Crippen molar-refractivity contribution in [2.75, 3.05) is 0 Å². The second-order valence-corrected chi connectivity index (χ2v) is 4.28. The molecule has 0 aliphatic rings. The number of allylic oxidation sites excluding steroid dienone is 4. The zero-order valence-corrected chi connectivity index (χ0v) is 8.45. The van der Waals surface area contributed by atoms with Crippen molar-refractivity contribution in [3.8, 4) is 0 Å². The van der Waals surface area contributed by atoms with Gasteiger partial charge in [-0.3, -0.25) is 0 Å². The summed E-state index contributed by atoms with van der Waals surface area (Å²) in [6.07, 6.45) is 1.26. The van der Waals surface area contributed by atoms with Crippen LogP contribution in [-0.2, 0) is 0 Å². The summed E-state index contributed by atoms with van der Waals surface area (Å²) in [7, 11) is 0. The molecule has 0 amide bonds.